The van der Waals surface area contributed by atoms with Gasteiger partial charge in [0.05, 0.1) is 0 Å². The Labute approximate surface area is 120 Å². The Morgan fingerprint density at radius 3 is 2.65 bits per heavy atom. The predicted octanol–water partition coefficient (Wildman–Crippen LogP) is 2.22. The van der Waals surface area contributed by atoms with Crippen molar-refractivity contribution in [1.29, 1.82) is 0 Å². The van der Waals surface area contributed by atoms with Crippen molar-refractivity contribution in [3.05, 3.63) is 29.8 Å². The maximum atomic E-state index is 10.6. The van der Waals surface area contributed by atoms with Gasteiger partial charge >= 0.3 is 0 Å². The minimum Gasteiger partial charge on any atom is -0.484 e. The van der Waals surface area contributed by atoms with Crippen molar-refractivity contribution in [3.63, 3.8) is 0 Å². The van der Waals surface area contributed by atoms with Crippen molar-refractivity contribution < 1.29 is 9.53 Å². The molecule has 0 spiro atoms. The molecule has 2 atom stereocenters. The first kappa shape index (κ1) is 14.9. The van der Waals surface area contributed by atoms with E-state index in [0.717, 1.165) is 12.5 Å². The summed E-state index contributed by atoms with van der Waals surface area (Å²) in [6.45, 7) is 3.14. The van der Waals surface area contributed by atoms with E-state index in [9.17, 15) is 4.79 Å². The fourth-order valence-corrected chi connectivity index (χ4v) is 2.73. The van der Waals surface area contributed by atoms with Crippen molar-refractivity contribution in [1.82, 2.24) is 5.32 Å². The van der Waals surface area contributed by atoms with E-state index in [1.54, 1.807) is 0 Å². The summed E-state index contributed by atoms with van der Waals surface area (Å²) in [7, 11) is 0. The van der Waals surface area contributed by atoms with E-state index in [1.165, 1.54) is 31.2 Å². The Hall–Kier alpha value is -1.55. The second-order valence-corrected chi connectivity index (χ2v) is 5.65. The molecule has 1 saturated carbocycles. The van der Waals surface area contributed by atoms with Crippen LogP contribution in [0.2, 0.25) is 0 Å². The maximum absolute atomic E-state index is 10.6. The van der Waals surface area contributed by atoms with E-state index in [1.807, 2.05) is 24.3 Å². The van der Waals surface area contributed by atoms with Crippen LogP contribution in [0.1, 0.15) is 38.2 Å². The number of amides is 1. The van der Waals surface area contributed by atoms with Gasteiger partial charge in [-0.3, -0.25) is 4.79 Å². The highest BCUT2D eigenvalue weighted by Gasteiger charge is 2.20. The first-order valence-corrected chi connectivity index (χ1v) is 7.38. The van der Waals surface area contributed by atoms with Gasteiger partial charge in [-0.05, 0) is 36.5 Å². The molecule has 1 aliphatic carbocycles. The Balaban J connectivity index is 1.79. The second-order valence-electron chi connectivity index (χ2n) is 5.65. The Bertz CT molecular complexity index is 431. The lowest BCUT2D eigenvalue weighted by Crippen LogP contribution is -2.36. The summed E-state index contributed by atoms with van der Waals surface area (Å²) in [4.78, 5) is 10.6. The summed E-state index contributed by atoms with van der Waals surface area (Å²) in [6, 6.07) is 8.44. The highest BCUT2D eigenvalue weighted by atomic mass is 16.5. The summed E-state index contributed by atoms with van der Waals surface area (Å²) in [6.07, 6.45) is 5.31. The standard InChI is InChI=1S/C16H24N2O2/c1-12-4-2-3-5-15(12)18-10-13-6-8-14(9-7-13)20-11-16(17)19/h6-9,12,15,18H,2-5,10-11H2,1H3,(H2,17,19). The number of primary amides is 1. The summed E-state index contributed by atoms with van der Waals surface area (Å²) in [5.74, 6) is 0.988. The molecule has 0 saturated heterocycles. The molecule has 2 rings (SSSR count). The van der Waals surface area contributed by atoms with Crippen molar-refractivity contribution in [3.8, 4) is 5.75 Å². The topological polar surface area (TPSA) is 64.3 Å². The molecule has 1 aliphatic rings. The molecule has 20 heavy (non-hydrogen) atoms. The van der Waals surface area contributed by atoms with E-state index in [2.05, 4.69) is 12.2 Å². The molecule has 110 valence electrons. The number of rotatable bonds is 6. The zero-order valence-electron chi connectivity index (χ0n) is 12.1. The Morgan fingerprint density at radius 2 is 2.00 bits per heavy atom. The number of hydrogen-bond acceptors (Lipinski definition) is 3. The van der Waals surface area contributed by atoms with Crippen molar-refractivity contribution in [2.45, 2.75) is 45.2 Å². The van der Waals surface area contributed by atoms with Crippen LogP contribution in [-0.4, -0.2) is 18.6 Å². The molecule has 4 nitrogen and oxygen atoms in total. The third-order valence-corrected chi connectivity index (χ3v) is 3.98. The van der Waals surface area contributed by atoms with Gasteiger partial charge in [-0.15, -0.1) is 0 Å². The largest absolute Gasteiger partial charge is 0.484 e. The van der Waals surface area contributed by atoms with Crippen LogP contribution in [0.3, 0.4) is 0 Å². The van der Waals surface area contributed by atoms with Gasteiger partial charge in [0.15, 0.2) is 6.61 Å². The van der Waals surface area contributed by atoms with E-state index in [4.69, 9.17) is 10.5 Å². The van der Waals surface area contributed by atoms with Gasteiger partial charge in [0.1, 0.15) is 5.75 Å². The van der Waals surface area contributed by atoms with Crippen LogP contribution in [0.5, 0.6) is 5.75 Å². The minimum atomic E-state index is -0.456. The predicted molar refractivity (Wildman–Crippen MR) is 79.4 cm³/mol. The zero-order valence-corrected chi connectivity index (χ0v) is 12.1. The van der Waals surface area contributed by atoms with Gasteiger partial charge in [0, 0.05) is 12.6 Å². The summed E-state index contributed by atoms with van der Waals surface area (Å²) < 4.78 is 5.24. The first-order chi connectivity index (χ1) is 9.65. The number of nitrogens with two attached hydrogens (primary N) is 1. The van der Waals surface area contributed by atoms with Crippen LogP contribution in [-0.2, 0) is 11.3 Å². The molecule has 1 fully saturated rings. The lowest BCUT2D eigenvalue weighted by molar-refractivity contribution is -0.119. The molecular formula is C16H24N2O2. The van der Waals surface area contributed by atoms with Gasteiger partial charge in [0.2, 0.25) is 0 Å². The summed E-state index contributed by atoms with van der Waals surface area (Å²) in [5.41, 5.74) is 6.27. The maximum Gasteiger partial charge on any atom is 0.255 e. The smallest absolute Gasteiger partial charge is 0.255 e. The zero-order chi connectivity index (χ0) is 14.4. The molecule has 3 N–H and O–H groups in total. The van der Waals surface area contributed by atoms with Crippen molar-refractivity contribution in [2.75, 3.05) is 6.61 Å². The number of hydrogen-bond donors (Lipinski definition) is 2. The van der Waals surface area contributed by atoms with Crippen LogP contribution in [0, 0.1) is 5.92 Å². The van der Waals surface area contributed by atoms with Gasteiger partial charge < -0.3 is 15.8 Å². The molecule has 1 aromatic carbocycles. The molecule has 0 bridgehead atoms. The molecular weight excluding hydrogens is 252 g/mol. The Morgan fingerprint density at radius 1 is 1.30 bits per heavy atom. The number of ether oxygens (including phenoxy) is 1. The molecule has 2 unspecified atom stereocenters. The molecule has 0 heterocycles. The van der Waals surface area contributed by atoms with Gasteiger partial charge in [-0.25, -0.2) is 0 Å². The van der Waals surface area contributed by atoms with E-state index < -0.39 is 5.91 Å². The molecule has 0 aromatic heterocycles. The molecule has 0 radical (unpaired) electrons. The number of carbonyl (C=O) groups is 1. The van der Waals surface area contributed by atoms with Gasteiger partial charge in [0.25, 0.3) is 5.91 Å². The van der Waals surface area contributed by atoms with E-state index in [-0.39, 0.29) is 6.61 Å². The van der Waals surface area contributed by atoms with Crippen LogP contribution < -0.4 is 15.8 Å². The summed E-state index contributed by atoms with van der Waals surface area (Å²) in [5, 5.41) is 3.64. The quantitative estimate of drug-likeness (QED) is 0.837. The van der Waals surface area contributed by atoms with Crippen LogP contribution in [0.15, 0.2) is 24.3 Å². The fourth-order valence-electron chi connectivity index (χ4n) is 2.73. The van der Waals surface area contributed by atoms with Crippen LogP contribution in [0.25, 0.3) is 0 Å². The second kappa shape index (κ2) is 7.29. The molecule has 1 aromatic rings. The monoisotopic (exact) mass is 276 g/mol. The molecule has 4 heteroatoms. The lowest BCUT2D eigenvalue weighted by atomic mass is 9.86. The summed E-state index contributed by atoms with van der Waals surface area (Å²) >= 11 is 0. The minimum absolute atomic E-state index is 0.0722. The van der Waals surface area contributed by atoms with Crippen LogP contribution in [0.4, 0.5) is 0 Å². The van der Waals surface area contributed by atoms with Gasteiger partial charge in [-0.2, -0.15) is 0 Å². The number of nitrogens with one attached hydrogen (secondary N) is 1. The fraction of sp³-hybridized carbons (Fsp3) is 0.562. The first-order valence-electron chi connectivity index (χ1n) is 7.38. The highest BCUT2D eigenvalue weighted by molar-refractivity contribution is 5.75. The van der Waals surface area contributed by atoms with Crippen LogP contribution >= 0.6 is 0 Å². The lowest BCUT2D eigenvalue weighted by Gasteiger charge is -2.29. The third-order valence-electron chi connectivity index (χ3n) is 3.98. The SMILES string of the molecule is CC1CCCCC1NCc1ccc(OCC(N)=O)cc1. The van der Waals surface area contributed by atoms with Crippen molar-refractivity contribution >= 4 is 5.91 Å². The normalized spacial score (nSPS) is 22.4. The van der Waals surface area contributed by atoms with Crippen molar-refractivity contribution in [2.24, 2.45) is 11.7 Å². The Kier molecular flexibility index (Phi) is 5.41. The number of carbonyl (C=O) groups excluding carboxylic acids is 1. The average Bonchev–Trinajstić information content (AvgIpc) is 2.45. The average molecular weight is 276 g/mol. The van der Waals surface area contributed by atoms with E-state index >= 15 is 0 Å². The molecule has 0 aliphatic heterocycles. The van der Waals surface area contributed by atoms with Gasteiger partial charge in [-0.1, -0.05) is 31.9 Å². The van der Waals surface area contributed by atoms with E-state index in [0.29, 0.717) is 11.8 Å². The number of benzene rings is 1. The third kappa shape index (κ3) is 4.53. The molecule has 1 amide bonds. The highest BCUT2D eigenvalue weighted by Crippen LogP contribution is 2.24.